The fourth-order valence-electron chi connectivity index (χ4n) is 0.477. The molecule has 0 rings (SSSR count). The van der Waals surface area contributed by atoms with Crippen LogP contribution in [0.25, 0.3) is 0 Å². The van der Waals surface area contributed by atoms with Gasteiger partial charge in [-0.2, -0.15) is 0 Å². The van der Waals surface area contributed by atoms with Gasteiger partial charge in [0.2, 0.25) is 0 Å². The minimum Gasteiger partial charge on any atom is -0.550 e. The zero-order valence-corrected chi connectivity index (χ0v) is 7.23. The number of rotatable bonds is 2. The summed E-state index contributed by atoms with van der Waals surface area (Å²) in [6, 6.07) is 0. The van der Waals surface area contributed by atoms with Crippen molar-refractivity contribution in [3.63, 3.8) is 0 Å². The molecule has 0 aromatic rings. The number of aliphatic carboxylic acids is 1. The third kappa shape index (κ3) is 10.4. The van der Waals surface area contributed by atoms with Gasteiger partial charge in [-0.3, -0.25) is 0 Å². The van der Waals surface area contributed by atoms with E-state index in [0.29, 0.717) is 6.42 Å². The van der Waals surface area contributed by atoms with E-state index in [1.807, 2.05) is 20.8 Å². The van der Waals surface area contributed by atoms with Crippen LogP contribution in [0.5, 0.6) is 0 Å². The molecule has 0 saturated carbocycles. The second-order valence-electron chi connectivity index (χ2n) is 3.43. The number of carboxylic acid groups (broad SMARTS) is 1. The van der Waals surface area contributed by atoms with Gasteiger partial charge in [-0.15, -0.1) is 0 Å². The summed E-state index contributed by atoms with van der Waals surface area (Å²) >= 11 is 0. The highest BCUT2D eigenvalue weighted by atomic mass is 16.4. The topological polar surface area (TPSA) is 76.6 Å². The summed E-state index contributed by atoms with van der Waals surface area (Å²) in [5.41, 5.74) is 0.111. The third-order valence-corrected chi connectivity index (χ3v) is 1.08. The van der Waals surface area contributed by atoms with Crippen molar-refractivity contribution >= 4 is 5.97 Å². The quantitative estimate of drug-likeness (QED) is 0.631. The molecule has 0 unspecified atom stereocenters. The lowest BCUT2D eigenvalue weighted by Crippen LogP contribution is -2.23. The van der Waals surface area contributed by atoms with Crippen molar-refractivity contribution in [1.29, 1.82) is 0 Å². The van der Waals surface area contributed by atoms with Crippen LogP contribution in [-0.2, 0) is 4.79 Å². The van der Waals surface area contributed by atoms with Crippen LogP contribution in [0, 0.1) is 5.41 Å². The molecule has 3 nitrogen and oxygen atoms in total. The molecule has 3 heteroatoms. The zero-order valence-electron chi connectivity index (χ0n) is 7.23. The maximum absolute atomic E-state index is 9.93. The maximum atomic E-state index is 9.93. The van der Waals surface area contributed by atoms with Gasteiger partial charge in [0.25, 0.3) is 0 Å². The van der Waals surface area contributed by atoms with Crippen LogP contribution in [0.4, 0.5) is 0 Å². The molecule has 62 valence electrons. The molecule has 0 aliphatic heterocycles. The van der Waals surface area contributed by atoms with Crippen molar-refractivity contribution in [3.8, 4) is 0 Å². The third-order valence-electron chi connectivity index (χ3n) is 1.08. The van der Waals surface area contributed by atoms with Crippen LogP contribution >= 0.6 is 0 Å². The molecule has 0 amide bonds. The Morgan fingerprint density at radius 3 is 1.90 bits per heavy atom. The van der Waals surface area contributed by atoms with E-state index in [4.69, 9.17) is 0 Å². The van der Waals surface area contributed by atoms with Gasteiger partial charge in [-0.25, -0.2) is 0 Å². The first-order valence-electron chi connectivity index (χ1n) is 3.12. The lowest BCUT2D eigenvalue weighted by Gasteiger charge is -2.17. The van der Waals surface area contributed by atoms with Crippen LogP contribution in [0.1, 0.15) is 33.6 Å². The first-order valence-corrected chi connectivity index (χ1v) is 3.12. The van der Waals surface area contributed by atoms with Crippen LogP contribution in [0.2, 0.25) is 0 Å². The molecule has 0 radical (unpaired) electrons. The average molecular weight is 147 g/mol. The van der Waals surface area contributed by atoms with E-state index in [9.17, 15) is 9.90 Å². The number of hydrogen-bond acceptors (Lipinski definition) is 2. The monoisotopic (exact) mass is 147 g/mol. The van der Waals surface area contributed by atoms with E-state index in [-0.39, 0.29) is 18.0 Å². The van der Waals surface area contributed by atoms with Gasteiger partial charge in [0.15, 0.2) is 0 Å². The molecule has 0 aromatic heterocycles. The molecular weight excluding hydrogens is 130 g/mol. The van der Waals surface area contributed by atoms with Gasteiger partial charge >= 0.3 is 0 Å². The van der Waals surface area contributed by atoms with Crippen molar-refractivity contribution in [1.82, 2.24) is 6.15 Å². The van der Waals surface area contributed by atoms with Crippen LogP contribution in [-0.4, -0.2) is 5.97 Å². The summed E-state index contributed by atoms with van der Waals surface area (Å²) in [6.07, 6.45) is 0.860. The second-order valence-corrected chi connectivity index (χ2v) is 3.43. The molecule has 0 aliphatic carbocycles. The van der Waals surface area contributed by atoms with Gasteiger partial charge < -0.3 is 16.1 Å². The highest BCUT2D eigenvalue weighted by molar-refractivity contribution is 5.64. The molecule has 0 spiro atoms. The molecule has 4 N–H and O–H groups in total. The Balaban J connectivity index is 0. The normalized spacial score (nSPS) is 10.3. The fraction of sp³-hybridized carbons (Fsp3) is 0.857. The van der Waals surface area contributed by atoms with Crippen molar-refractivity contribution in [2.45, 2.75) is 33.6 Å². The Morgan fingerprint density at radius 1 is 1.40 bits per heavy atom. The van der Waals surface area contributed by atoms with E-state index in [1.165, 1.54) is 0 Å². The summed E-state index contributed by atoms with van der Waals surface area (Å²) in [5, 5.41) is 9.93. The molecular formula is C7H17NO2. The molecule has 0 aromatic carbocycles. The molecule has 0 atom stereocenters. The summed E-state index contributed by atoms with van der Waals surface area (Å²) in [4.78, 5) is 9.93. The molecule has 10 heavy (non-hydrogen) atoms. The fourth-order valence-corrected chi connectivity index (χ4v) is 0.477. The smallest absolute Gasteiger partial charge is 0.0414 e. The molecule has 0 aliphatic rings. The molecule has 0 fully saturated rings. The van der Waals surface area contributed by atoms with E-state index in [1.54, 1.807) is 0 Å². The average Bonchev–Trinajstić information content (AvgIpc) is 1.59. The maximum Gasteiger partial charge on any atom is 0.0414 e. The Morgan fingerprint density at radius 2 is 1.80 bits per heavy atom. The van der Waals surface area contributed by atoms with Crippen molar-refractivity contribution in [3.05, 3.63) is 0 Å². The predicted octanol–water partition coefficient (Wildman–Crippen LogP) is 0.939. The number of carboxylic acids is 1. The zero-order chi connectivity index (χ0) is 7.49. The number of carbonyl (C=O) groups excluding carboxylic acids is 1. The van der Waals surface area contributed by atoms with Crippen molar-refractivity contribution < 1.29 is 9.90 Å². The number of quaternary nitrogens is 1. The Hall–Kier alpha value is -0.570. The van der Waals surface area contributed by atoms with Crippen LogP contribution in [0.15, 0.2) is 0 Å². The summed E-state index contributed by atoms with van der Waals surface area (Å²) in [7, 11) is 0. The Kier molecular flexibility index (Phi) is 5.19. The SMILES string of the molecule is CC(C)(C)CCC(=O)[O-].[NH4+]. The standard InChI is InChI=1S/C7H14O2.H3N/c1-7(2,3)5-4-6(8)9;/h4-5H2,1-3H3,(H,8,9);1H3. The Labute approximate surface area is 62.0 Å². The van der Waals surface area contributed by atoms with E-state index in [0.717, 1.165) is 0 Å². The first-order chi connectivity index (χ1) is 3.92. The minimum absolute atomic E-state index is 0. The lowest BCUT2D eigenvalue weighted by molar-refractivity contribution is -0.306. The van der Waals surface area contributed by atoms with Crippen molar-refractivity contribution in [2.75, 3.05) is 0 Å². The molecule has 0 heterocycles. The largest absolute Gasteiger partial charge is 0.550 e. The minimum atomic E-state index is -0.954. The van der Waals surface area contributed by atoms with Gasteiger partial charge in [-0.1, -0.05) is 20.8 Å². The molecule has 0 saturated heterocycles. The van der Waals surface area contributed by atoms with E-state index >= 15 is 0 Å². The second kappa shape index (κ2) is 4.28. The van der Waals surface area contributed by atoms with Crippen molar-refractivity contribution in [2.24, 2.45) is 5.41 Å². The molecule has 0 bridgehead atoms. The number of carbonyl (C=O) groups is 1. The number of hydrogen-bond donors (Lipinski definition) is 1. The Bertz CT molecular complexity index is 105. The van der Waals surface area contributed by atoms with Crippen LogP contribution < -0.4 is 11.3 Å². The van der Waals surface area contributed by atoms with Gasteiger partial charge in [0.05, 0.1) is 0 Å². The van der Waals surface area contributed by atoms with Crippen LogP contribution in [0.3, 0.4) is 0 Å². The lowest BCUT2D eigenvalue weighted by atomic mass is 9.91. The van der Waals surface area contributed by atoms with E-state index in [2.05, 4.69) is 0 Å². The van der Waals surface area contributed by atoms with Gasteiger partial charge in [0, 0.05) is 5.97 Å². The first kappa shape index (κ1) is 12.1. The highest BCUT2D eigenvalue weighted by Gasteiger charge is 2.08. The summed E-state index contributed by atoms with van der Waals surface area (Å²) in [6.45, 7) is 6.03. The summed E-state index contributed by atoms with van der Waals surface area (Å²) in [5.74, 6) is -0.954. The predicted molar refractivity (Wildman–Crippen MR) is 39.7 cm³/mol. The highest BCUT2D eigenvalue weighted by Crippen LogP contribution is 2.19. The van der Waals surface area contributed by atoms with Gasteiger partial charge in [0.1, 0.15) is 0 Å². The van der Waals surface area contributed by atoms with E-state index < -0.39 is 5.97 Å². The summed E-state index contributed by atoms with van der Waals surface area (Å²) < 4.78 is 0. The van der Waals surface area contributed by atoms with Gasteiger partial charge in [-0.05, 0) is 18.3 Å².